The minimum absolute atomic E-state index is 0.0622. The Morgan fingerprint density at radius 1 is 0.971 bits per heavy atom. The fourth-order valence-electron chi connectivity index (χ4n) is 3.40. The first-order valence-electron chi connectivity index (χ1n) is 10.6. The van der Waals surface area contributed by atoms with E-state index in [0.717, 1.165) is 37.7 Å². The lowest BCUT2D eigenvalue weighted by atomic mass is 10.2. The average Bonchev–Trinajstić information content (AvgIpc) is 2.84. The zero-order valence-electron chi connectivity index (χ0n) is 18.1. The van der Waals surface area contributed by atoms with Crippen LogP contribution >= 0.6 is 0 Å². The van der Waals surface area contributed by atoms with E-state index in [2.05, 4.69) is 25.5 Å². The lowest BCUT2D eigenvalue weighted by Gasteiger charge is -2.28. The summed E-state index contributed by atoms with van der Waals surface area (Å²) in [5.41, 5.74) is 2.74. The summed E-state index contributed by atoms with van der Waals surface area (Å²) in [7, 11) is 0. The maximum Gasteiger partial charge on any atom is 0.471 e. The Labute approximate surface area is 194 Å². The number of rotatable bonds is 7. The van der Waals surface area contributed by atoms with E-state index in [0.29, 0.717) is 23.7 Å². The summed E-state index contributed by atoms with van der Waals surface area (Å²) in [5, 5.41) is 8.18. The number of nitrogens with one attached hydrogen (secondary N) is 3. The lowest BCUT2D eigenvalue weighted by Crippen LogP contribution is -2.36. The van der Waals surface area contributed by atoms with Gasteiger partial charge in [0.25, 0.3) is 0 Å². The number of benzene rings is 2. The third-order valence-electron chi connectivity index (χ3n) is 5.10. The smallest absolute Gasteiger partial charge is 0.378 e. The number of carbonyl (C=O) groups is 1. The van der Waals surface area contributed by atoms with Gasteiger partial charge in [0.05, 0.1) is 13.2 Å². The molecule has 0 radical (unpaired) electrons. The molecule has 11 heteroatoms. The molecular formula is C23H23F3N6O2. The van der Waals surface area contributed by atoms with Crippen molar-refractivity contribution < 1.29 is 22.7 Å². The van der Waals surface area contributed by atoms with Crippen LogP contribution in [-0.2, 0) is 16.1 Å². The van der Waals surface area contributed by atoms with Gasteiger partial charge in [-0.15, -0.1) is 0 Å². The van der Waals surface area contributed by atoms with Gasteiger partial charge < -0.3 is 25.6 Å². The summed E-state index contributed by atoms with van der Waals surface area (Å²) in [5.74, 6) is -0.892. The van der Waals surface area contributed by atoms with E-state index in [1.807, 2.05) is 29.6 Å². The number of anilines is 5. The SMILES string of the molecule is O=C(Nc1cccc(CNc2cc(Nc3ccc(N4CCOCC4)cc3)ncn2)c1)C(F)(F)F. The Hall–Kier alpha value is -3.86. The molecule has 2 heterocycles. The van der Waals surface area contributed by atoms with Gasteiger partial charge in [0, 0.05) is 42.8 Å². The van der Waals surface area contributed by atoms with Crippen LogP contribution in [0, 0.1) is 0 Å². The van der Waals surface area contributed by atoms with Crippen molar-refractivity contribution in [2.75, 3.05) is 47.2 Å². The van der Waals surface area contributed by atoms with Crippen LogP contribution in [-0.4, -0.2) is 48.4 Å². The van der Waals surface area contributed by atoms with E-state index < -0.39 is 12.1 Å². The average molecular weight is 472 g/mol. The van der Waals surface area contributed by atoms with Crippen molar-refractivity contribution in [3.05, 3.63) is 66.5 Å². The van der Waals surface area contributed by atoms with Crippen molar-refractivity contribution in [3.8, 4) is 0 Å². The molecule has 1 aromatic heterocycles. The molecule has 3 N–H and O–H groups in total. The Morgan fingerprint density at radius 3 is 2.44 bits per heavy atom. The number of amides is 1. The molecule has 2 aromatic carbocycles. The fraction of sp³-hybridized carbons (Fsp3) is 0.261. The first-order valence-corrected chi connectivity index (χ1v) is 10.6. The number of hydrogen-bond acceptors (Lipinski definition) is 7. The molecule has 1 amide bonds. The molecule has 1 aliphatic rings. The first kappa shape index (κ1) is 23.3. The van der Waals surface area contributed by atoms with E-state index in [9.17, 15) is 18.0 Å². The molecule has 34 heavy (non-hydrogen) atoms. The van der Waals surface area contributed by atoms with E-state index >= 15 is 0 Å². The summed E-state index contributed by atoms with van der Waals surface area (Å²) in [4.78, 5) is 21.8. The monoisotopic (exact) mass is 472 g/mol. The number of aromatic nitrogens is 2. The quantitative estimate of drug-likeness (QED) is 0.475. The van der Waals surface area contributed by atoms with Gasteiger partial charge in [-0.05, 0) is 42.0 Å². The van der Waals surface area contributed by atoms with Crippen molar-refractivity contribution in [2.45, 2.75) is 12.7 Å². The highest BCUT2D eigenvalue weighted by atomic mass is 19.4. The lowest BCUT2D eigenvalue weighted by molar-refractivity contribution is -0.167. The minimum Gasteiger partial charge on any atom is -0.378 e. The van der Waals surface area contributed by atoms with Gasteiger partial charge in [-0.3, -0.25) is 4.79 Å². The Balaban J connectivity index is 1.34. The third-order valence-corrected chi connectivity index (χ3v) is 5.10. The topological polar surface area (TPSA) is 91.4 Å². The maximum atomic E-state index is 12.5. The maximum absolute atomic E-state index is 12.5. The highest BCUT2D eigenvalue weighted by Crippen LogP contribution is 2.23. The molecule has 0 atom stereocenters. The zero-order chi connectivity index (χ0) is 24.0. The van der Waals surface area contributed by atoms with E-state index in [-0.39, 0.29) is 5.69 Å². The van der Waals surface area contributed by atoms with Crippen molar-refractivity contribution >= 4 is 34.6 Å². The summed E-state index contributed by atoms with van der Waals surface area (Å²) in [6, 6.07) is 15.9. The van der Waals surface area contributed by atoms with Gasteiger partial charge in [-0.1, -0.05) is 12.1 Å². The van der Waals surface area contributed by atoms with Gasteiger partial charge >= 0.3 is 12.1 Å². The summed E-state index contributed by atoms with van der Waals surface area (Å²) < 4.78 is 42.7. The minimum atomic E-state index is -4.94. The largest absolute Gasteiger partial charge is 0.471 e. The van der Waals surface area contributed by atoms with Crippen LogP contribution in [0.3, 0.4) is 0 Å². The van der Waals surface area contributed by atoms with Crippen LogP contribution < -0.4 is 20.9 Å². The number of alkyl halides is 3. The molecular weight excluding hydrogens is 449 g/mol. The van der Waals surface area contributed by atoms with Gasteiger partial charge in [0.15, 0.2) is 0 Å². The second-order valence-electron chi connectivity index (χ2n) is 7.57. The van der Waals surface area contributed by atoms with Gasteiger partial charge in [0.1, 0.15) is 18.0 Å². The Kier molecular flexibility index (Phi) is 7.12. The Morgan fingerprint density at radius 2 is 1.71 bits per heavy atom. The number of halogens is 3. The highest BCUT2D eigenvalue weighted by molar-refractivity contribution is 5.94. The number of morpholine rings is 1. The number of hydrogen-bond donors (Lipinski definition) is 3. The number of nitrogens with zero attached hydrogens (tertiary/aromatic N) is 3. The number of ether oxygens (including phenoxy) is 1. The number of carbonyl (C=O) groups excluding carboxylic acids is 1. The Bertz CT molecular complexity index is 1120. The highest BCUT2D eigenvalue weighted by Gasteiger charge is 2.38. The molecule has 0 bridgehead atoms. The summed E-state index contributed by atoms with van der Waals surface area (Å²) >= 11 is 0. The van der Waals surface area contributed by atoms with Crippen molar-refractivity contribution in [2.24, 2.45) is 0 Å². The molecule has 0 aliphatic carbocycles. The van der Waals surface area contributed by atoms with Gasteiger partial charge in [-0.2, -0.15) is 13.2 Å². The van der Waals surface area contributed by atoms with Crippen LogP contribution in [0.4, 0.5) is 41.9 Å². The molecule has 1 saturated heterocycles. The fourth-order valence-corrected chi connectivity index (χ4v) is 3.40. The standard InChI is InChI=1S/C23H23F3N6O2/c24-23(25,26)22(33)31-18-3-1-2-16(12-18)14-27-20-13-21(29-15-28-20)30-17-4-6-19(7-5-17)32-8-10-34-11-9-32/h1-7,12-13,15H,8-11,14H2,(H,31,33)(H2,27,28,29,30). The predicted octanol–water partition coefficient (Wildman–Crippen LogP) is 4.17. The van der Waals surface area contributed by atoms with E-state index in [4.69, 9.17) is 4.74 Å². The van der Waals surface area contributed by atoms with Gasteiger partial charge in [0.2, 0.25) is 0 Å². The molecule has 8 nitrogen and oxygen atoms in total. The zero-order valence-corrected chi connectivity index (χ0v) is 18.1. The molecule has 0 unspecified atom stereocenters. The van der Waals surface area contributed by atoms with Gasteiger partial charge in [-0.25, -0.2) is 9.97 Å². The van der Waals surface area contributed by atoms with Crippen LogP contribution in [0.15, 0.2) is 60.9 Å². The molecule has 1 aliphatic heterocycles. The molecule has 3 aromatic rings. The van der Waals surface area contributed by atoms with Crippen LogP contribution in [0.2, 0.25) is 0 Å². The van der Waals surface area contributed by atoms with Crippen molar-refractivity contribution in [1.82, 2.24) is 9.97 Å². The van der Waals surface area contributed by atoms with Crippen LogP contribution in [0.25, 0.3) is 0 Å². The second-order valence-corrected chi connectivity index (χ2v) is 7.57. The normalized spacial score (nSPS) is 13.9. The molecule has 1 fully saturated rings. The molecule has 0 spiro atoms. The molecule has 178 valence electrons. The van der Waals surface area contributed by atoms with Crippen molar-refractivity contribution in [1.29, 1.82) is 0 Å². The van der Waals surface area contributed by atoms with E-state index in [1.54, 1.807) is 18.2 Å². The van der Waals surface area contributed by atoms with E-state index in [1.165, 1.54) is 18.5 Å². The predicted molar refractivity (Wildman–Crippen MR) is 123 cm³/mol. The third kappa shape index (κ3) is 6.35. The van der Waals surface area contributed by atoms with Crippen molar-refractivity contribution in [3.63, 3.8) is 0 Å². The van der Waals surface area contributed by atoms with Crippen LogP contribution in [0.5, 0.6) is 0 Å². The second kappa shape index (κ2) is 10.4. The van der Waals surface area contributed by atoms with Crippen LogP contribution in [0.1, 0.15) is 5.56 Å². The summed E-state index contributed by atoms with van der Waals surface area (Å²) in [6.45, 7) is 3.48. The molecule has 4 rings (SSSR count). The summed E-state index contributed by atoms with van der Waals surface area (Å²) in [6.07, 6.45) is -3.53. The molecule has 0 saturated carbocycles. The first-order chi connectivity index (χ1) is 16.4.